The summed E-state index contributed by atoms with van der Waals surface area (Å²) in [6.45, 7) is 0.871. The quantitative estimate of drug-likeness (QED) is 0.503. The number of halogens is 1. The minimum atomic E-state index is 0.871. The molecule has 4 aromatic rings. The molecule has 0 unspecified atom stereocenters. The van der Waals surface area contributed by atoms with Gasteiger partial charge in [0.15, 0.2) is 0 Å². The van der Waals surface area contributed by atoms with Crippen LogP contribution in [0.5, 0.6) is 0 Å². The molecule has 2 aromatic carbocycles. The molecule has 0 aliphatic rings. The van der Waals surface area contributed by atoms with E-state index in [2.05, 4.69) is 80.2 Å². The predicted octanol–water partition coefficient (Wildman–Crippen LogP) is 5.00. The molecule has 0 saturated carbocycles. The molecule has 0 radical (unpaired) electrons. The summed E-state index contributed by atoms with van der Waals surface area (Å²) in [5.74, 6) is 0. The first kappa shape index (κ1) is 12.6. The monoisotopic (exact) mass is 336 g/mol. The van der Waals surface area contributed by atoms with Gasteiger partial charge in [0, 0.05) is 39.7 Å². The van der Waals surface area contributed by atoms with Gasteiger partial charge in [-0.2, -0.15) is 0 Å². The van der Waals surface area contributed by atoms with Gasteiger partial charge < -0.3 is 4.57 Å². The molecule has 102 valence electrons. The van der Waals surface area contributed by atoms with Gasteiger partial charge >= 0.3 is 0 Å². The Kier molecular flexibility index (Phi) is 3.00. The van der Waals surface area contributed by atoms with Crippen LogP contribution in [0.4, 0.5) is 0 Å². The third-order valence-corrected chi connectivity index (χ3v) is 4.25. The number of nitrogens with zero attached hydrogens (tertiary/aromatic N) is 2. The summed E-state index contributed by atoms with van der Waals surface area (Å²) in [6.07, 6.45) is 3.98. The zero-order valence-electron chi connectivity index (χ0n) is 11.3. The third kappa shape index (κ3) is 2.34. The number of hydrogen-bond acceptors (Lipinski definition) is 1. The van der Waals surface area contributed by atoms with Crippen LogP contribution in [0.2, 0.25) is 0 Å². The molecule has 0 spiro atoms. The van der Waals surface area contributed by atoms with Crippen LogP contribution in [0.1, 0.15) is 5.56 Å². The van der Waals surface area contributed by atoms with Gasteiger partial charge in [-0.3, -0.25) is 4.98 Å². The molecule has 2 nitrogen and oxygen atoms in total. The molecule has 2 heterocycles. The maximum Gasteiger partial charge on any atom is 0.0702 e. The lowest BCUT2D eigenvalue weighted by molar-refractivity contribution is 0.838. The van der Waals surface area contributed by atoms with Gasteiger partial charge in [-0.1, -0.05) is 28.1 Å². The summed E-state index contributed by atoms with van der Waals surface area (Å²) in [4.78, 5) is 4.37. The number of fused-ring (bicyclic) bond motifs is 2. The summed E-state index contributed by atoms with van der Waals surface area (Å²) in [5.41, 5.74) is 3.59. The molecule has 0 saturated heterocycles. The average molecular weight is 337 g/mol. The van der Waals surface area contributed by atoms with E-state index in [1.165, 1.54) is 21.9 Å². The van der Waals surface area contributed by atoms with E-state index in [4.69, 9.17) is 0 Å². The first-order chi connectivity index (χ1) is 10.3. The fourth-order valence-corrected chi connectivity index (χ4v) is 3.11. The van der Waals surface area contributed by atoms with E-state index in [1.54, 1.807) is 0 Å². The van der Waals surface area contributed by atoms with Gasteiger partial charge in [0.2, 0.25) is 0 Å². The second kappa shape index (κ2) is 5.01. The third-order valence-electron chi connectivity index (χ3n) is 3.75. The molecule has 0 aliphatic heterocycles. The normalized spacial score (nSPS) is 11.3. The molecular formula is C18H13BrN2. The van der Waals surface area contributed by atoms with Crippen molar-refractivity contribution in [2.45, 2.75) is 6.54 Å². The Morgan fingerprint density at radius 1 is 0.952 bits per heavy atom. The summed E-state index contributed by atoms with van der Waals surface area (Å²) in [7, 11) is 0. The van der Waals surface area contributed by atoms with Gasteiger partial charge in [0.05, 0.1) is 5.52 Å². The minimum Gasteiger partial charge on any atom is -0.343 e. The van der Waals surface area contributed by atoms with E-state index >= 15 is 0 Å². The minimum absolute atomic E-state index is 0.871. The van der Waals surface area contributed by atoms with Crippen LogP contribution in [-0.4, -0.2) is 9.55 Å². The predicted molar refractivity (Wildman–Crippen MR) is 90.5 cm³/mol. The van der Waals surface area contributed by atoms with E-state index in [1.807, 2.05) is 12.3 Å². The molecule has 3 heteroatoms. The smallest absolute Gasteiger partial charge is 0.0702 e. The van der Waals surface area contributed by atoms with Crippen LogP contribution >= 0.6 is 15.9 Å². The lowest BCUT2D eigenvalue weighted by Crippen LogP contribution is -1.97. The van der Waals surface area contributed by atoms with Crippen LogP contribution in [0.15, 0.2) is 71.5 Å². The summed E-state index contributed by atoms with van der Waals surface area (Å²) in [6, 6.07) is 19.1. The molecule has 4 rings (SSSR count). The van der Waals surface area contributed by atoms with Gasteiger partial charge in [-0.05, 0) is 48.0 Å². The molecule has 0 amide bonds. The van der Waals surface area contributed by atoms with Crippen LogP contribution in [-0.2, 0) is 6.54 Å². The standard InChI is InChI=1S/C18H13BrN2/c19-16-4-6-18-15(11-16)7-9-21(18)12-13-3-5-17-14(10-13)2-1-8-20-17/h1-11H,12H2. The van der Waals surface area contributed by atoms with Crippen molar-refractivity contribution in [3.05, 3.63) is 77.0 Å². The zero-order valence-corrected chi connectivity index (χ0v) is 12.9. The highest BCUT2D eigenvalue weighted by molar-refractivity contribution is 9.10. The molecule has 0 bridgehead atoms. The van der Waals surface area contributed by atoms with E-state index < -0.39 is 0 Å². The van der Waals surface area contributed by atoms with E-state index in [0.717, 1.165) is 16.5 Å². The van der Waals surface area contributed by atoms with Crippen molar-refractivity contribution in [2.75, 3.05) is 0 Å². The Hall–Kier alpha value is -2.13. The number of pyridine rings is 1. The SMILES string of the molecule is Brc1ccc2c(ccn2Cc2ccc3ncccc3c2)c1. The lowest BCUT2D eigenvalue weighted by Gasteiger charge is -2.07. The molecule has 2 aromatic heterocycles. The maximum absolute atomic E-state index is 4.37. The molecule has 0 fully saturated rings. The highest BCUT2D eigenvalue weighted by Crippen LogP contribution is 2.22. The number of hydrogen-bond donors (Lipinski definition) is 0. The highest BCUT2D eigenvalue weighted by Gasteiger charge is 2.03. The van der Waals surface area contributed by atoms with Gasteiger partial charge in [0.1, 0.15) is 0 Å². The molecular weight excluding hydrogens is 324 g/mol. The molecule has 21 heavy (non-hydrogen) atoms. The maximum atomic E-state index is 4.37. The largest absolute Gasteiger partial charge is 0.343 e. The fourth-order valence-electron chi connectivity index (χ4n) is 2.73. The number of aromatic nitrogens is 2. The van der Waals surface area contributed by atoms with Gasteiger partial charge in [0.25, 0.3) is 0 Å². The van der Waals surface area contributed by atoms with E-state index in [0.29, 0.717) is 0 Å². The Labute approximate surface area is 131 Å². The summed E-state index contributed by atoms with van der Waals surface area (Å²) >= 11 is 3.52. The van der Waals surface area contributed by atoms with Crippen LogP contribution in [0.3, 0.4) is 0 Å². The van der Waals surface area contributed by atoms with Gasteiger partial charge in [-0.15, -0.1) is 0 Å². The first-order valence-electron chi connectivity index (χ1n) is 6.88. The van der Waals surface area contributed by atoms with Crippen molar-refractivity contribution in [3.63, 3.8) is 0 Å². The Balaban J connectivity index is 1.75. The molecule has 0 aliphatic carbocycles. The Morgan fingerprint density at radius 2 is 1.90 bits per heavy atom. The van der Waals surface area contributed by atoms with Crippen LogP contribution in [0, 0.1) is 0 Å². The first-order valence-corrected chi connectivity index (χ1v) is 7.67. The highest BCUT2D eigenvalue weighted by atomic mass is 79.9. The van der Waals surface area contributed by atoms with Crippen LogP contribution in [0.25, 0.3) is 21.8 Å². The molecule has 0 atom stereocenters. The lowest BCUT2D eigenvalue weighted by atomic mass is 10.1. The van der Waals surface area contributed by atoms with Crippen LogP contribution < -0.4 is 0 Å². The molecule has 0 N–H and O–H groups in total. The summed E-state index contributed by atoms with van der Waals surface area (Å²) < 4.78 is 3.39. The van der Waals surface area contributed by atoms with Crippen molar-refractivity contribution < 1.29 is 0 Å². The van der Waals surface area contributed by atoms with Crippen molar-refractivity contribution in [3.8, 4) is 0 Å². The van der Waals surface area contributed by atoms with Gasteiger partial charge in [-0.25, -0.2) is 0 Å². The van der Waals surface area contributed by atoms with Crippen molar-refractivity contribution in [1.82, 2.24) is 9.55 Å². The Bertz CT molecular complexity index is 940. The summed E-state index contributed by atoms with van der Waals surface area (Å²) in [5, 5.41) is 2.45. The second-order valence-electron chi connectivity index (χ2n) is 5.18. The van der Waals surface area contributed by atoms with E-state index in [-0.39, 0.29) is 0 Å². The Morgan fingerprint density at radius 3 is 2.86 bits per heavy atom. The van der Waals surface area contributed by atoms with Crippen molar-refractivity contribution in [1.29, 1.82) is 0 Å². The van der Waals surface area contributed by atoms with Crippen molar-refractivity contribution >= 4 is 37.7 Å². The second-order valence-corrected chi connectivity index (χ2v) is 6.09. The fraction of sp³-hybridized carbons (Fsp3) is 0.0556. The van der Waals surface area contributed by atoms with E-state index in [9.17, 15) is 0 Å². The number of benzene rings is 2. The zero-order chi connectivity index (χ0) is 14.2. The average Bonchev–Trinajstić information content (AvgIpc) is 2.89. The number of rotatable bonds is 2. The topological polar surface area (TPSA) is 17.8 Å². The van der Waals surface area contributed by atoms with Crippen molar-refractivity contribution in [2.24, 2.45) is 0 Å².